The molecule has 0 bridgehead atoms. The van der Waals surface area contributed by atoms with E-state index in [0.29, 0.717) is 17.3 Å². The van der Waals surface area contributed by atoms with E-state index in [1.807, 2.05) is 42.6 Å². The van der Waals surface area contributed by atoms with Crippen molar-refractivity contribution in [2.45, 2.75) is 18.8 Å². The number of nitrogens with zero attached hydrogens (tertiary/aromatic N) is 3. The number of benzene rings is 1. The Labute approximate surface area is 121 Å². The Hall–Kier alpha value is -2.69. The van der Waals surface area contributed by atoms with Gasteiger partial charge < -0.3 is 5.73 Å². The fraction of sp³-hybridized carbons (Fsp3) is 0.188. The van der Waals surface area contributed by atoms with Crippen molar-refractivity contribution in [3.05, 3.63) is 53.9 Å². The Morgan fingerprint density at radius 2 is 2.05 bits per heavy atom. The molecule has 3 aromatic rings. The maximum atomic E-state index is 7.80. The molecule has 0 atom stereocenters. The number of nitrogens with one attached hydrogen (secondary N) is 1. The van der Waals surface area contributed by atoms with Gasteiger partial charge in [0.2, 0.25) is 0 Å². The lowest BCUT2D eigenvalue weighted by molar-refractivity contribution is 0.815. The second kappa shape index (κ2) is 4.41. The van der Waals surface area contributed by atoms with Crippen molar-refractivity contribution in [2.75, 3.05) is 0 Å². The maximum Gasteiger partial charge on any atom is 0.164 e. The molecule has 0 radical (unpaired) electrons. The van der Waals surface area contributed by atoms with Crippen LogP contribution in [0.2, 0.25) is 0 Å². The third kappa shape index (κ3) is 2.07. The fourth-order valence-corrected chi connectivity index (χ4v) is 2.53. The minimum atomic E-state index is 0.00623. The molecule has 104 valence electrons. The van der Waals surface area contributed by atoms with Crippen LogP contribution in [0.3, 0.4) is 0 Å². The Bertz CT molecular complexity index is 845. The van der Waals surface area contributed by atoms with Crippen molar-refractivity contribution < 1.29 is 0 Å². The largest absolute Gasteiger partial charge is 0.384 e. The molecule has 0 aliphatic heterocycles. The standard InChI is InChI=1S/C16H15N5/c17-15(18)12-9-11-3-1-2-4-13(11)19-16(12)21-8-7-14(20-21)10-5-6-10/h1-4,7-10H,5-6H2,(H3,17,18). The van der Waals surface area contributed by atoms with Gasteiger partial charge in [0.25, 0.3) is 0 Å². The highest BCUT2D eigenvalue weighted by molar-refractivity contribution is 6.01. The van der Waals surface area contributed by atoms with Gasteiger partial charge >= 0.3 is 0 Å². The zero-order chi connectivity index (χ0) is 14.4. The second-order valence-electron chi connectivity index (χ2n) is 5.43. The highest BCUT2D eigenvalue weighted by Gasteiger charge is 2.26. The maximum absolute atomic E-state index is 7.80. The van der Waals surface area contributed by atoms with Crippen molar-refractivity contribution in [1.82, 2.24) is 14.8 Å². The van der Waals surface area contributed by atoms with Gasteiger partial charge in [-0.3, -0.25) is 5.41 Å². The molecule has 1 saturated carbocycles. The molecule has 21 heavy (non-hydrogen) atoms. The summed E-state index contributed by atoms with van der Waals surface area (Å²) in [5.74, 6) is 1.22. The van der Waals surface area contributed by atoms with Crippen LogP contribution in [0.5, 0.6) is 0 Å². The minimum Gasteiger partial charge on any atom is -0.384 e. The molecule has 3 N–H and O–H groups in total. The van der Waals surface area contributed by atoms with Gasteiger partial charge in [0.05, 0.1) is 16.8 Å². The molecule has 0 unspecified atom stereocenters. The average molecular weight is 277 g/mol. The topological polar surface area (TPSA) is 80.6 Å². The van der Waals surface area contributed by atoms with Crippen LogP contribution in [-0.2, 0) is 0 Å². The molecule has 0 spiro atoms. The van der Waals surface area contributed by atoms with Crippen LogP contribution in [-0.4, -0.2) is 20.6 Å². The van der Waals surface area contributed by atoms with Crippen LogP contribution in [0.15, 0.2) is 42.6 Å². The van der Waals surface area contributed by atoms with Gasteiger partial charge in [0, 0.05) is 17.5 Å². The Balaban J connectivity index is 1.91. The van der Waals surface area contributed by atoms with Crippen LogP contribution in [0.4, 0.5) is 0 Å². The number of rotatable bonds is 3. The van der Waals surface area contributed by atoms with Crippen LogP contribution in [0, 0.1) is 5.41 Å². The molecule has 1 aliphatic carbocycles. The fourth-order valence-electron chi connectivity index (χ4n) is 2.53. The van der Waals surface area contributed by atoms with Crippen molar-refractivity contribution in [3.63, 3.8) is 0 Å². The van der Waals surface area contributed by atoms with Crippen LogP contribution in [0.25, 0.3) is 16.7 Å². The normalized spacial score (nSPS) is 14.5. The third-order valence-electron chi connectivity index (χ3n) is 3.82. The highest BCUT2D eigenvalue weighted by Crippen LogP contribution is 2.39. The molecule has 2 heterocycles. The lowest BCUT2D eigenvalue weighted by Crippen LogP contribution is -2.16. The number of hydrogen-bond donors (Lipinski definition) is 2. The van der Waals surface area contributed by atoms with Gasteiger partial charge in [-0.1, -0.05) is 18.2 Å². The van der Waals surface area contributed by atoms with E-state index in [1.54, 1.807) is 4.68 Å². The van der Waals surface area contributed by atoms with E-state index in [2.05, 4.69) is 10.1 Å². The van der Waals surface area contributed by atoms with Gasteiger partial charge in [-0.05, 0) is 31.0 Å². The molecule has 4 rings (SSSR count). The highest BCUT2D eigenvalue weighted by atomic mass is 15.3. The lowest BCUT2D eigenvalue weighted by Gasteiger charge is -2.09. The first-order valence-corrected chi connectivity index (χ1v) is 7.02. The lowest BCUT2D eigenvalue weighted by atomic mass is 10.1. The van der Waals surface area contributed by atoms with E-state index in [0.717, 1.165) is 16.6 Å². The molecule has 0 saturated heterocycles. The number of hydrogen-bond acceptors (Lipinski definition) is 3. The second-order valence-corrected chi connectivity index (χ2v) is 5.43. The number of fused-ring (bicyclic) bond motifs is 1. The number of amidine groups is 1. The monoisotopic (exact) mass is 277 g/mol. The number of nitrogen functional groups attached to an aromatic ring is 1. The van der Waals surface area contributed by atoms with Gasteiger partial charge in [0.1, 0.15) is 5.84 Å². The van der Waals surface area contributed by atoms with E-state index in [4.69, 9.17) is 11.1 Å². The number of para-hydroxylation sites is 1. The first kappa shape index (κ1) is 12.1. The molecule has 1 aromatic carbocycles. The predicted octanol–water partition coefficient (Wildman–Crippen LogP) is 2.58. The van der Waals surface area contributed by atoms with E-state index >= 15 is 0 Å². The quantitative estimate of drug-likeness (QED) is 0.570. The molecular weight excluding hydrogens is 262 g/mol. The zero-order valence-corrected chi connectivity index (χ0v) is 11.5. The van der Waals surface area contributed by atoms with E-state index in [1.165, 1.54) is 12.8 Å². The summed E-state index contributed by atoms with van der Waals surface area (Å²) in [7, 11) is 0. The molecule has 1 fully saturated rings. The molecule has 5 nitrogen and oxygen atoms in total. The van der Waals surface area contributed by atoms with E-state index in [9.17, 15) is 0 Å². The van der Waals surface area contributed by atoms with Crippen LogP contribution >= 0.6 is 0 Å². The summed E-state index contributed by atoms with van der Waals surface area (Å²) in [4.78, 5) is 4.64. The SMILES string of the molecule is N=C(N)c1cc2ccccc2nc1-n1ccc(C2CC2)n1. The van der Waals surface area contributed by atoms with Gasteiger partial charge in [-0.2, -0.15) is 5.10 Å². The average Bonchev–Trinajstić information content (AvgIpc) is 3.23. The summed E-state index contributed by atoms with van der Waals surface area (Å²) in [5, 5.41) is 13.4. The summed E-state index contributed by atoms with van der Waals surface area (Å²) in [5.41, 5.74) is 8.31. The molecule has 1 aliphatic rings. The number of nitrogens with two attached hydrogens (primary N) is 1. The first-order valence-electron chi connectivity index (χ1n) is 7.02. The van der Waals surface area contributed by atoms with Gasteiger partial charge in [-0.15, -0.1) is 0 Å². The number of pyridine rings is 1. The summed E-state index contributed by atoms with van der Waals surface area (Å²) in [6.07, 6.45) is 4.32. The molecular formula is C16H15N5. The third-order valence-corrected chi connectivity index (χ3v) is 3.82. The predicted molar refractivity (Wildman–Crippen MR) is 81.9 cm³/mol. The number of aromatic nitrogens is 3. The van der Waals surface area contributed by atoms with E-state index in [-0.39, 0.29) is 5.84 Å². The summed E-state index contributed by atoms with van der Waals surface area (Å²) < 4.78 is 1.73. The summed E-state index contributed by atoms with van der Waals surface area (Å²) in [6.45, 7) is 0. The summed E-state index contributed by atoms with van der Waals surface area (Å²) in [6, 6.07) is 11.8. The van der Waals surface area contributed by atoms with Crippen molar-refractivity contribution in [1.29, 1.82) is 5.41 Å². The molecule has 0 amide bonds. The minimum absolute atomic E-state index is 0.00623. The van der Waals surface area contributed by atoms with Gasteiger partial charge in [-0.25, -0.2) is 9.67 Å². The van der Waals surface area contributed by atoms with Crippen molar-refractivity contribution in [3.8, 4) is 5.82 Å². The smallest absolute Gasteiger partial charge is 0.164 e. The Kier molecular flexibility index (Phi) is 2.54. The summed E-state index contributed by atoms with van der Waals surface area (Å²) >= 11 is 0. The van der Waals surface area contributed by atoms with Crippen molar-refractivity contribution in [2.24, 2.45) is 5.73 Å². The zero-order valence-electron chi connectivity index (χ0n) is 11.5. The Morgan fingerprint density at radius 3 is 2.81 bits per heavy atom. The Morgan fingerprint density at radius 1 is 1.24 bits per heavy atom. The van der Waals surface area contributed by atoms with Crippen molar-refractivity contribution >= 4 is 16.7 Å². The molecule has 2 aromatic heterocycles. The van der Waals surface area contributed by atoms with E-state index < -0.39 is 0 Å². The van der Waals surface area contributed by atoms with Crippen LogP contribution < -0.4 is 5.73 Å². The molecule has 5 heteroatoms. The van der Waals surface area contributed by atoms with Crippen LogP contribution in [0.1, 0.15) is 30.0 Å². The first-order chi connectivity index (χ1) is 10.2. The van der Waals surface area contributed by atoms with Gasteiger partial charge in [0.15, 0.2) is 5.82 Å².